The van der Waals surface area contributed by atoms with Crippen LogP contribution in [-0.2, 0) is 37.5 Å². The van der Waals surface area contributed by atoms with E-state index in [9.17, 15) is 4.79 Å². The van der Waals surface area contributed by atoms with Crippen molar-refractivity contribution in [3.05, 3.63) is 13.8 Å². The molecule has 2 atom stereocenters. The molecule has 1 fully saturated rings. The van der Waals surface area contributed by atoms with Crippen molar-refractivity contribution in [3.8, 4) is 0 Å². The number of carbonyl (C=O) groups excluding carboxylic acids is 1. The second-order valence-electron chi connectivity index (χ2n) is 2.37. The fraction of sp³-hybridized carbons (Fsp3) is 0.571. The van der Waals surface area contributed by atoms with Gasteiger partial charge in [0.15, 0.2) is 0 Å². The van der Waals surface area contributed by atoms with Crippen molar-refractivity contribution >= 4 is 5.78 Å². The van der Waals surface area contributed by atoms with Gasteiger partial charge in [-0.2, -0.15) is 0 Å². The molecule has 0 heterocycles. The molecule has 0 amide bonds. The summed E-state index contributed by atoms with van der Waals surface area (Å²) < 4.78 is 0. The van der Waals surface area contributed by atoms with Crippen molar-refractivity contribution in [1.29, 1.82) is 0 Å². The minimum absolute atomic E-state index is 0. The Labute approximate surface area is 81.5 Å². The number of rotatable bonds is 0. The van der Waals surface area contributed by atoms with E-state index in [-0.39, 0.29) is 50.3 Å². The predicted molar refractivity (Wildman–Crippen MR) is 31.9 cm³/mol. The molecule has 1 rings (SSSR count). The molecule has 49 valence electrons. The molecule has 1 radical (unpaired) electrons. The van der Waals surface area contributed by atoms with E-state index in [4.69, 9.17) is 0 Å². The fourth-order valence-corrected chi connectivity index (χ4v) is 1.02. The maximum Gasteiger partial charge on any atom is 0.0791 e. The fourth-order valence-electron chi connectivity index (χ4n) is 1.02. The molecule has 1 nitrogen and oxygen atoms in total. The molecule has 9 heavy (non-hydrogen) atoms. The summed E-state index contributed by atoms with van der Waals surface area (Å²) in [6, 6.07) is 0. The standard InChI is InChI=1S/C7H10O.Y/c1-5-3-4-6(2)7(5)8;/h5-6H,1-4H2;/q-2;. The normalized spacial score (nSPS) is 34.2. The summed E-state index contributed by atoms with van der Waals surface area (Å²) >= 11 is 0. The molecule has 2 heteroatoms. The van der Waals surface area contributed by atoms with E-state index in [0.717, 1.165) is 12.8 Å². The van der Waals surface area contributed by atoms with E-state index in [1.165, 1.54) is 0 Å². The van der Waals surface area contributed by atoms with Gasteiger partial charge in [0.1, 0.15) is 0 Å². The molecular formula is C7H10OY-2. The van der Waals surface area contributed by atoms with Crippen LogP contribution in [0.2, 0.25) is 0 Å². The first kappa shape index (κ1) is 9.77. The van der Waals surface area contributed by atoms with Crippen LogP contribution >= 0.6 is 0 Å². The van der Waals surface area contributed by atoms with Crippen LogP contribution in [0.5, 0.6) is 0 Å². The average molecular weight is 199 g/mol. The molecule has 0 aromatic carbocycles. The predicted octanol–water partition coefficient (Wildman–Crippen LogP) is 1.25. The van der Waals surface area contributed by atoms with Gasteiger partial charge in [0.05, 0.1) is 5.78 Å². The molecular weight excluding hydrogens is 189 g/mol. The monoisotopic (exact) mass is 199 g/mol. The van der Waals surface area contributed by atoms with Gasteiger partial charge in [-0.1, -0.05) is 12.8 Å². The molecule has 1 saturated carbocycles. The van der Waals surface area contributed by atoms with Gasteiger partial charge < -0.3 is 18.6 Å². The number of Topliss-reactive ketones (excluding diaryl/α,β-unsaturated/α-hetero) is 1. The number of hydrogen-bond acceptors (Lipinski definition) is 1. The topological polar surface area (TPSA) is 17.1 Å². The van der Waals surface area contributed by atoms with Gasteiger partial charge in [-0.3, -0.25) is 0 Å². The zero-order valence-electron chi connectivity index (χ0n) is 5.47. The quantitative estimate of drug-likeness (QED) is 0.536. The number of carbonyl (C=O) groups is 1. The zero-order valence-corrected chi connectivity index (χ0v) is 8.31. The summed E-state index contributed by atoms with van der Waals surface area (Å²) in [7, 11) is 0. The van der Waals surface area contributed by atoms with Crippen LogP contribution in [0, 0.1) is 25.7 Å². The van der Waals surface area contributed by atoms with Gasteiger partial charge in [0, 0.05) is 32.7 Å². The first-order valence-electron chi connectivity index (χ1n) is 2.91. The molecule has 0 aromatic heterocycles. The zero-order chi connectivity index (χ0) is 6.15. The van der Waals surface area contributed by atoms with E-state index in [1.54, 1.807) is 0 Å². The van der Waals surface area contributed by atoms with Gasteiger partial charge in [-0.05, 0) is 0 Å². The molecule has 2 unspecified atom stereocenters. The van der Waals surface area contributed by atoms with Gasteiger partial charge in [-0.15, -0.1) is 11.8 Å². The van der Waals surface area contributed by atoms with Crippen molar-refractivity contribution in [2.75, 3.05) is 0 Å². The second-order valence-corrected chi connectivity index (χ2v) is 2.37. The Morgan fingerprint density at radius 3 is 1.67 bits per heavy atom. The van der Waals surface area contributed by atoms with Crippen molar-refractivity contribution < 1.29 is 37.5 Å². The van der Waals surface area contributed by atoms with E-state index < -0.39 is 0 Å². The molecule has 0 bridgehead atoms. The van der Waals surface area contributed by atoms with Crippen LogP contribution in [0.3, 0.4) is 0 Å². The third kappa shape index (κ3) is 2.12. The first-order chi connectivity index (χ1) is 3.72. The van der Waals surface area contributed by atoms with Crippen molar-refractivity contribution in [2.45, 2.75) is 12.8 Å². The van der Waals surface area contributed by atoms with Crippen molar-refractivity contribution in [3.63, 3.8) is 0 Å². The minimum Gasteiger partial charge on any atom is -0.333 e. The smallest absolute Gasteiger partial charge is 0.0791 e. The molecule has 0 spiro atoms. The van der Waals surface area contributed by atoms with Gasteiger partial charge in [-0.25, -0.2) is 0 Å². The second kappa shape index (κ2) is 3.82. The third-order valence-corrected chi connectivity index (χ3v) is 1.67. The first-order valence-corrected chi connectivity index (χ1v) is 2.91. The van der Waals surface area contributed by atoms with Crippen molar-refractivity contribution in [2.24, 2.45) is 11.8 Å². The summed E-state index contributed by atoms with van der Waals surface area (Å²) in [6.07, 6.45) is 1.88. The van der Waals surface area contributed by atoms with Crippen LogP contribution in [-0.4, -0.2) is 5.78 Å². The van der Waals surface area contributed by atoms with Crippen molar-refractivity contribution in [1.82, 2.24) is 0 Å². The van der Waals surface area contributed by atoms with Crippen LogP contribution < -0.4 is 0 Å². The minimum atomic E-state index is 0. The summed E-state index contributed by atoms with van der Waals surface area (Å²) in [5.41, 5.74) is 0. The van der Waals surface area contributed by atoms with Gasteiger partial charge in [0.2, 0.25) is 0 Å². The van der Waals surface area contributed by atoms with Crippen LogP contribution in [0.15, 0.2) is 0 Å². The van der Waals surface area contributed by atoms with E-state index in [1.807, 2.05) is 0 Å². The Morgan fingerprint density at radius 2 is 1.56 bits per heavy atom. The molecule has 1 aliphatic carbocycles. The average Bonchev–Trinajstić information content (AvgIpc) is 1.98. The summed E-state index contributed by atoms with van der Waals surface area (Å²) in [6.45, 7) is 7.36. The Hall–Kier alpha value is 0.774. The van der Waals surface area contributed by atoms with Crippen LogP contribution in [0.4, 0.5) is 0 Å². The van der Waals surface area contributed by atoms with E-state index >= 15 is 0 Å². The van der Waals surface area contributed by atoms with Crippen LogP contribution in [0.25, 0.3) is 0 Å². The van der Waals surface area contributed by atoms with Crippen LogP contribution in [0.1, 0.15) is 12.8 Å². The summed E-state index contributed by atoms with van der Waals surface area (Å²) in [5.74, 6) is 0.319. The van der Waals surface area contributed by atoms with Gasteiger partial charge in [0.25, 0.3) is 0 Å². The Morgan fingerprint density at radius 1 is 1.22 bits per heavy atom. The Bertz CT molecular complexity index is 99.5. The number of ketones is 1. The number of hydrogen-bond donors (Lipinski definition) is 0. The summed E-state index contributed by atoms with van der Waals surface area (Å²) in [4.78, 5) is 10.8. The maximum absolute atomic E-state index is 10.8. The molecule has 1 aliphatic rings. The summed E-state index contributed by atoms with van der Waals surface area (Å²) in [5, 5.41) is 0. The van der Waals surface area contributed by atoms with E-state index in [0.29, 0.717) is 0 Å². The van der Waals surface area contributed by atoms with Gasteiger partial charge >= 0.3 is 0 Å². The van der Waals surface area contributed by atoms with E-state index in [2.05, 4.69) is 13.8 Å². The molecule has 0 saturated heterocycles. The SMILES string of the molecule is [CH2-]C1CCC([CH2-])C1=O.[Y]. The third-order valence-electron chi connectivity index (χ3n) is 1.67. The molecule has 0 aromatic rings. The Balaban J connectivity index is 0.000000640. The maximum atomic E-state index is 10.8. The Kier molecular flexibility index (Phi) is 4.15. The molecule has 0 N–H and O–H groups in total. The molecule has 0 aliphatic heterocycles. The largest absolute Gasteiger partial charge is 0.333 e.